The molecule has 0 aromatic rings. The number of carbonyl (C=O) groups excluding carboxylic acids is 3. The second kappa shape index (κ2) is 22.2. The number of hydrogen-bond donors (Lipinski definition) is 0. The molecule has 0 radical (unpaired) electrons. The fraction of sp³-hybridized carbons (Fsp3) is 0.667. The van der Waals surface area contributed by atoms with Crippen LogP contribution in [0.1, 0.15) is 34.1 Å². The maximum absolute atomic E-state index is 11.1. The molecule has 0 aromatic carbocycles. The fourth-order valence-corrected chi connectivity index (χ4v) is 2.66. The quantitative estimate of drug-likeness (QED) is 0.0534. The summed E-state index contributed by atoms with van der Waals surface area (Å²) in [5.41, 5.74) is 0. The van der Waals surface area contributed by atoms with Gasteiger partial charge in [-0.3, -0.25) is 0 Å². The molecular formula is C27H44O12. The first kappa shape index (κ1) is 36.4. The maximum atomic E-state index is 11.1. The minimum atomic E-state index is -1.44. The summed E-state index contributed by atoms with van der Waals surface area (Å²) in [7, 11) is 0. The molecule has 0 saturated carbocycles. The average Bonchev–Trinajstić information content (AvgIpc) is 2.94. The van der Waals surface area contributed by atoms with Crippen LogP contribution in [-0.2, 0) is 57.0 Å². The van der Waals surface area contributed by atoms with Crippen LogP contribution in [0, 0.1) is 0 Å². The molecule has 0 saturated heterocycles. The molecule has 12 nitrogen and oxygen atoms in total. The van der Waals surface area contributed by atoms with Crippen LogP contribution in [0.4, 0.5) is 0 Å². The first-order chi connectivity index (χ1) is 18.6. The van der Waals surface area contributed by atoms with E-state index >= 15 is 0 Å². The Labute approximate surface area is 231 Å². The van der Waals surface area contributed by atoms with Crippen molar-refractivity contribution in [2.45, 2.75) is 58.4 Å². The first-order valence-electron chi connectivity index (χ1n) is 12.8. The van der Waals surface area contributed by atoms with E-state index in [0.29, 0.717) is 6.42 Å². The average molecular weight is 561 g/mol. The lowest BCUT2D eigenvalue weighted by Gasteiger charge is -2.35. The van der Waals surface area contributed by atoms with Crippen molar-refractivity contribution >= 4 is 17.9 Å². The largest absolute Gasteiger partial charge is 0.460 e. The fourth-order valence-electron chi connectivity index (χ4n) is 2.66. The van der Waals surface area contributed by atoms with E-state index < -0.39 is 23.9 Å². The number of esters is 3. The van der Waals surface area contributed by atoms with Gasteiger partial charge in [0, 0.05) is 24.6 Å². The first-order valence-corrected chi connectivity index (χ1v) is 12.8. The van der Waals surface area contributed by atoms with Crippen molar-refractivity contribution in [3.8, 4) is 0 Å². The van der Waals surface area contributed by atoms with Gasteiger partial charge in [0.25, 0.3) is 5.97 Å². The van der Waals surface area contributed by atoms with Gasteiger partial charge in [0.15, 0.2) is 0 Å². The van der Waals surface area contributed by atoms with Crippen molar-refractivity contribution in [3.63, 3.8) is 0 Å². The number of ether oxygens (including phenoxy) is 9. The Morgan fingerprint density at radius 3 is 1.10 bits per heavy atom. The predicted molar refractivity (Wildman–Crippen MR) is 141 cm³/mol. The summed E-state index contributed by atoms with van der Waals surface area (Å²) >= 11 is 0. The van der Waals surface area contributed by atoms with E-state index in [1.165, 1.54) is 0 Å². The van der Waals surface area contributed by atoms with Crippen molar-refractivity contribution in [2.75, 3.05) is 59.5 Å². The summed E-state index contributed by atoms with van der Waals surface area (Å²) in [6.45, 7) is 18.3. The van der Waals surface area contributed by atoms with Crippen molar-refractivity contribution in [3.05, 3.63) is 38.0 Å². The van der Waals surface area contributed by atoms with Crippen molar-refractivity contribution in [2.24, 2.45) is 0 Å². The SMILES string of the molecule is C=CC(=O)OCCOC(C)COC(CC)(OCC(C)OCCOC(=O)C=C)OCC(C)OCCOC(=O)C=C. The van der Waals surface area contributed by atoms with E-state index in [4.69, 9.17) is 42.6 Å². The van der Waals surface area contributed by atoms with Crippen LogP contribution in [0.25, 0.3) is 0 Å². The molecule has 12 heteroatoms. The minimum absolute atomic E-state index is 0.0784. The molecule has 0 aromatic heterocycles. The molecule has 0 bridgehead atoms. The molecule has 0 fully saturated rings. The van der Waals surface area contributed by atoms with Crippen molar-refractivity contribution in [1.29, 1.82) is 0 Å². The van der Waals surface area contributed by atoms with Crippen molar-refractivity contribution in [1.82, 2.24) is 0 Å². The molecule has 0 amide bonds. The third kappa shape index (κ3) is 19.2. The van der Waals surface area contributed by atoms with E-state index in [1.807, 2.05) is 6.92 Å². The molecular weight excluding hydrogens is 516 g/mol. The van der Waals surface area contributed by atoms with Gasteiger partial charge in [0.2, 0.25) is 0 Å². The molecule has 0 rings (SSSR count). The normalized spacial score (nSPS) is 14.8. The highest BCUT2D eigenvalue weighted by Gasteiger charge is 2.34. The van der Waals surface area contributed by atoms with Gasteiger partial charge in [-0.05, 0) is 20.8 Å². The van der Waals surface area contributed by atoms with E-state index in [2.05, 4.69) is 19.7 Å². The maximum Gasteiger partial charge on any atom is 0.330 e. The monoisotopic (exact) mass is 560 g/mol. The lowest BCUT2D eigenvalue weighted by Crippen LogP contribution is -2.44. The summed E-state index contributed by atoms with van der Waals surface area (Å²) in [6.07, 6.45) is 2.45. The molecule has 224 valence electrons. The van der Waals surface area contributed by atoms with Crippen LogP contribution < -0.4 is 0 Å². The van der Waals surface area contributed by atoms with Gasteiger partial charge in [0.05, 0.1) is 58.0 Å². The summed E-state index contributed by atoms with van der Waals surface area (Å²) < 4.78 is 49.6. The molecule has 0 heterocycles. The Morgan fingerprint density at radius 1 is 0.590 bits per heavy atom. The van der Waals surface area contributed by atoms with Crippen LogP contribution in [0.2, 0.25) is 0 Å². The molecule has 0 spiro atoms. The molecule has 0 aliphatic carbocycles. The minimum Gasteiger partial charge on any atom is -0.460 e. The highest BCUT2D eigenvalue weighted by Crippen LogP contribution is 2.22. The highest BCUT2D eigenvalue weighted by atomic mass is 16.9. The third-order valence-corrected chi connectivity index (χ3v) is 4.74. The van der Waals surface area contributed by atoms with Gasteiger partial charge in [-0.2, -0.15) is 0 Å². The molecule has 39 heavy (non-hydrogen) atoms. The summed E-state index contributed by atoms with van der Waals surface area (Å²) in [4.78, 5) is 33.4. The number of carbonyl (C=O) groups is 3. The van der Waals surface area contributed by atoms with Gasteiger partial charge in [-0.25, -0.2) is 14.4 Å². The van der Waals surface area contributed by atoms with Gasteiger partial charge < -0.3 is 42.6 Å². The van der Waals surface area contributed by atoms with Gasteiger partial charge in [-0.15, -0.1) is 0 Å². The lowest BCUT2D eigenvalue weighted by atomic mass is 10.3. The Balaban J connectivity index is 4.89. The Bertz CT molecular complexity index is 645. The van der Waals surface area contributed by atoms with Gasteiger partial charge >= 0.3 is 17.9 Å². The zero-order chi connectivity index (χ0) is 29.5. The lowest BCUT2D eigenvalue weighted by molar-refractivity contribution is -0.393. The number of rotatable bonds is 25. The predicted octanol–water partition coefficient (Wildman–Crippen LogP) is 2.50. The van der Waals surface area contributed by atoms with E-state index in [1.54, 1.807) is 20.8 Å². The zero-order valence-corrected chi connectivity index (χ0v) is 23.6. The van der Waals surface area contributed by atoms with E-state index in [0.717, 1.165) is 18.2 Å². The Morgan fingerprint density at radius 2 is 0.872 bits per heavy atom. The summed E-state index contributed by atoms with van der Waals surface area (Å²) in [6, 6.07) is 0. The molecule has 0 aliphatic rings. The topological polar surface area (TPSA) is 134 Å². The van der Waals surface area contributed by atoms with E-state index in [-0.39, 0.29) is 77.8 Å². The van der Waals surface area contributed by atoms with Gasteiger partial charge in [-0.1, -0.05) is 26.7 Å². The van der Waals surface area contributed by atoms with E-state index in [9.17, 15) is 14.4 Å². The Kier molecular flexibility index (Phi) is 20.7. The van der Waals surface area contributed by atoms with Crippen LogP contribution in [0.5, 0.6) is 0 Å². The standard InChI is InChI=1S/C27H44O12/c1-8-24(28)34-15-12-31-21(5)18-37-27(11-4,38-19-22(6)32-13-16-35-25(29)9-2)39-20-23(7)33-14-17-36-26(30)10-3/h8-10,21-23H,1-3,11-20H2,4-7H3. The van der Waals surface area contributed by atoms with Crippen LogP contribution >= 0.6 is 0 Å². The second-order valence-corrected chi connectivity index (χ2v) is 8.13. The van der Waals surface area contributed by atoms with Gasteiger partial charge in [0.1, 0.15) is 19.8 Å². The molecule has 0 N–H and O–H groups in total. The molecule has 0 aliphatic heterocycles. The summed E-state index contributed by atoms with van der Waals surface area (Å²) in [5.74, 6) is -3.02. The second-order valence-electron chi connectivity index (χ2n) is 8.13. The number of hydrogen-bond acceptors (Lipinski definition) is 12. The van der Waals surface area contributed by atoms with Crippen molar-refractivity contribution < 1.29 is 57.0 Å². The third-order valence-electron chi connectivity index (χ3n) is 4.74. The van der Waals surface area contributed by atoms with Crippen LogP contribution in [-0.4, -0.2) is 102 Å². The molecule has 3 unspecified atom stereocenters. The van der Waals surface area contributed by atoms with Crippen LogP contribution in [0.15, 0.2) is 38.0 Å². The van der Waals surface area contributed by atoms with Crippen LogP contribution in [0.3, 0.4) is 0 Å². The molecule has 3 atom stereocenters. The highest BCUT2D eigenvalue weighted by molar-refractivity contribution is 5.81. The zero-order valence-electron chi connectivity index (χ0n) is 23.6. The Hall–Kier alpha value is -2.61. The smallest absolute Gasteiger partial charge is 0.330 e. The summed E-state index contributed by atoms with van der Waals surface area (Å²) in [5, 5.41) is 0.